The summed E-state index contributed by atoms with van der Waals surface area (Å²) in [5, 5.41) is 23.2. The van der Waals surface area contributed by atoms with Gasteiger partial charge in [-0.3, -0.25) is 9.59 Å². The van der Waals surface area contributed by atoms with E-state index in [0.29, 0.717) is 25.9 Å². The molecule has 69 heavy (non-hydrogen) atoms. The number of esters is 1. The molecule has 0 heterocycles. The average Bonchev–Trinajstić information content (AvgIpc) is 3.35. The first kappa shape index (κ1) is 67.1. The number of nitrogens with one attached hydrogen (secondary N) is 1. The second kappa shape index (κ2) is 58.6. The fraction of sp³-hybridized carbons (Fsp3) is 0.873. The maximum Gasteiger partial charge on any atom is 0.305 e. The molecule has 0 aromatic rings. The van der Waals surface area contributed by atoms with Crippen molar-refractivity contribution in [1.29, 1.82) is 0 Å². The number of carbonyl (C=O) groups excluding carboxylic acids is 2. The predicted octanol–water partition coefficient (Wildman–Crippen LogP) is 19.2. The molecule has 6 heteroatoms. The molecule has 0 spiro atoms. The van der Waals surface area contributed by atoms with Crippen LogP contribution in [0.5, 0.6) is 0 Å². The molecule has 3 N–H and O–H groups in total. The van der Waals surface area contributed by atoms with Gasteiger partial charge in [0.2, 0.25) is 5.91 Å². The lowest BCUT2D eigenvalue weighted by Gasteiger charge is -2.22. The van der Waals surface area contributed by atoms with E-state index in [4.69, 9.17) is 4.74 Å². The standard InChI is InChI=1S/C63H119NO5/c1-3-5-7-9-11-13-15-37-41-45-49-53-57-63(68)69-58-54-50-46-42-38-34-32-30-28-26-24-22-20-18-16-17-19-21-23-25-27-29-31-33-36-40-44-48-52-56-62(67)64-60(59-65)61(66)55-51-47-43-39-35-14-12-10-8-6-4-2/h11,13,16,18,22,24,60-61,65-66H,3-10,12,14-15,17,19-21,23,25-59H2,1-2H3,(H,64,67)/b13-11-,18-16-,24-22-. The molecule has 0 fully saturated rings. The Balaban J connectivity index is 3.39. The largest absolute Gasteiger partial charge is 0.466 e. The summed E-state index contributed by atoms with van der Waals surface area (Å²) < 4.78 is 5.46. The number of allylic oxidation sites excluding steroid dienone is 6. The molecular formula is C63H119NO5. The van der Waals surface area contributed by atoms with E-state index in [9.17, 15) is 19.8 Å². The van der Waals surface area contributed by atoms with E-state index in [1.54, 1.807) is 0 Å². The van der Waals surface area contributed by atoms with Crippen LogP contribution in [0.2, 0.25) is 0 Å². The van der Waals surface area contributed by atoms with E-state index < -0.39 is 12.1 Å². The molecule has 6 nitrogen and oxygen atoms in total. The molecular weight excluding hydrogens is 851 g/mol. The molecule has 0 saturated heterocycles. The van der Waals surface area contributed by atoms with E-state index in [0.717, 1.165) is 51.4 Å². The Morgan fingerprint density at radius 2 is 0.725 bits per heavy atom. The third kappa shape index (κ3) is 55.2. The zero-order valence-corrected chi connectivity index (χ0v) is 46.3. The van der Waals surface area contributed by atoms with Gasteiger partial charge < -0.3 is 20.3 Å². The van der Waals surface area contributed by atoms with Crippen molar-refractivity contribution >= 4 is 11.9 Å². The van der Waals surface area contributed by atoms with E-state index >= 15 is 0 Å². The molecule has 2 unspecified atom stereocenters. The Morgan fingerprint density at radius 1 is 0.406 bits per heavy atom. The molecule has 0 rings (SSSR count). The molecule has 1 amide bonds. The first-order valence-corrected chi connectivity index (χ1v) is 30.7. The number of rotatable bonds is 57. The Labute approximate surface area is 430 Å². The number of unbranched alkanes of at least 4 members (excludes halogenated alkanes) is 40. The molecule has 0 aliphatic heterocycles. The van der Waals surface area contributed by atoms with Gasteiger partial charge >= 0.3 is 5.97 Å². The maximum atomic E-state index is 12.4. The Hall–Kier alpha value is -1.92. The second-order valence-electron chi connectivity index (χ2n) is 21.0. The predicted molar refractivity (Wildman–Crippen MR) is 301 cm³/mol. The van der Waals surface area contributed by atoms with Gasteiger partial charge in [0.15, 0.2) is 0 Å². The minimum absolute atomic E-state index is 0.00168. The minimum Gasteiger partial charge on any atom is -0.466 e. The summed E-state index contributed by atoms with van der Waals surface area (Å²) in [4.78, 5) is 24.4. The monoisotopic (exact) mass is 970 g/mol. The molecule has 0 aliphatic carbocycles. The van der Waals surface area contributed by atoms with Crippen LogP contribution in [-0.2, 0) is 14.3 Å². The third-order valence-electron chi connectivity index (χ3n) is 14.2. The lowest BCUT2D eigenvalue weighted by Crippen LogP contribution is -2.45. The third-order valence-corrected chi connectivity index (χ3v) is 14.2. The topological polar surface area (TPSA) is 95.9 Å². The highest BCUT2D eigenvalue weighted by Gasteiger charge is 2.20. The molecule has 0 bridgehead atoms. The van der Waals surface area contributed by atoms with Crippen LogP contribution < -0.4 is 5.32 Å². The Kier molecular flexibility index (Phi) is 57.0. The number of hydrogen-bond acceptors (Lipinski definition) is 5. The van der Waals surface area contributed by atoms with Gasteiger partial charge in [0, 0.05) is 12.8 Å². The summed E-state index contributed by atoms with van der Waals surface area (Å²) in [6, 6.07) is -0.541. The van der Waals surface area contributed by atoms with Crippen molar-refractivity contribution < 1.29 is 24.5 Å². The SMILES string of the molecule is CCCCC/C=C\CCCCCCCC(=O)OCCCCCCCCCCC/C=C\C/C=C\CCCCCCCCCCCCCCCC(=O)NC(CO)C(O)CCCCCCCCCCCCC. The number of aliphatic hydroxyl groups excluding tert-OH is 2. The number of carbonyl (C=O) groups is 2. The number of ether oxygens (including phenoxy) is 1. The number of amides is 1. The van der Waals surface area contributed by atoms with Crippen molar-refractivity contribution in [3.8, 4) is 0 Å². The van der Waals surface area contributed by atoms with Crippen molar-refractivity contribution in [2.45, 2.75) is 341 Å². The summed E-state index contributed by atoms with van der Waals surface area (Å²) in [6.07, 6.45) is 73.1. The van der Waals surface area contributed by atoms with Gasteiger partial charge in [0.1, 0.15) is 0 Å². The zero-order chi connectivity index (χ0) is 50.0. The fourth-order valence-corrected chi connectivity index (χ4v) is 9.43. The summed E-state index contributed by atoms with van der Waals surface area (Å²) in [7, 11) is 0. The molecule has 406 valence electrons. The molecule has 2 atom stereocenters. The van der Waals surface area contributed by atoms with E-state index in [-0.39, 0.29) is 18.5 Å². The first-order valence-electron chi connectivity index (χ1n) is 30.7. The summed E-state index contributed by atoms with van der Waals surface area (Å²) in [5.74, 6) is -0.0348. The first-order chi connectivity index (χ1) is 34.0. The van der Waals surface area contributed by atoms with Crippen LogP contribution in [0.3, 0.4) is 0 Å². The second-order valence-corrected chi connectivity index (χ2v) is 21.0. The highest BCUT2D eigenvalue weighted by atomic mass is 16.5. The van der Waals surface area contributed by atoms with Crippen LogP contribution in [0.25, 0.3) is 0 Å². The Bertz CT molecular complexity index is 1120. The van der Waals surface area contributed by atoms with Crippen molar-refractivity contribution in [2.24, 2.45) is 0 Å². The summed E-state index contributed by atoms with van der Waals surface area (Å²) in [6.45, 7) is 4.92. The number of aliphatic hydroxyl groups is 2. The van der Waals surface area contributed by atoms with Crippen LogP contribution in [0.15, 0.2) is 36.5 Å². The minimum atomic E-state index is -0.663. The quantitative estimate of drug-likeness (QED) is 0.0321. The van der Waals surface area contributed by atoms with E-state index in [1.807, 2.05) is 0 Å². The van der Waals surface area contributed by atoms with Gasteiger partial charge in [-0.2, -0.15) is 0 Å². The highest BCUT2D eigenvalue weighted by molar-refractivity contribution is 5.76. The maximum absolute atomic E-state index is 12.4. The van der Waals surface area contributed by atoms with Crippen LogP contribution >= 0.6 is 0 Å². The highest BCUT2D eigenvalue weighted by Crippen LogP contribution is 2.17. The Morgan fingerprint density at radius 3 is 1.14 bits per heavy atom. The normalized spacial score (nSPS) is 12.8. The van der Waals surface area contributed by atoms with E-state index in [2.05, 4.69) is 55.6 Å². The van der Waals surface area contributed by atoms with Crippen molar-refractivity contribution in [3.63, 3.8) is 0 Å². The smallest absolute Gasteiger partial charge is 0.305 e. The van der Waals surface area contributed by atoms with Crippen molar-refractivity contribution in [1.82, 2.24) is 5.32 Å². The molecule has 0 aromatic heterocycles. The van der Waals surface area contributed by atoms with Crippen molar-refractivity contribution in [3.05, 3.63) is 36.5 Å². The fourth-order valence-electron chi connectivity index (χ4n) is 9.43. The van der Waals surface area contributed by atoms with E-state index in [1.165, 1.54) is 244 Å². The van der Waals surface area contributed by atoms with Gasteiger partial charge in [-0.15, -0.1) is 0 Å². The zero-order valence-electron chi connectivity index (χ0n) is 46.3. The lowest BCUT2D eigenvalue weighted by atomic mass is 10.0. The summed E-state index contributed by atoms with van der Waals surface area (Å²) in [5.41, 5.74) is 0. The van der Waals surface area contributed by atoms with Gasteiger partial charge in [-0.05, 0) is 83.5 Å². The molecule has 0 aliphatic rings. The summed E-state index contributed by atoms with van der Waals surface area (Å²) >= 11 is 0. The van der Waals surface area contributed by atoms with Gasteiger partial charge in [0.25, 0.3) is 0 Å². The van der Waals surface area contributed by atoms with Gasteiger partial charge in [0.05, 0.1) is 25.4 Å². The van der Waals surface area contributed by atoms with Crippen LogP contribution in [0.4, 0.5) is 0 Å². The lowest BCUT2D eigenvalue weighted by molar-refractivity contribution is -0.143. The van der Waals surface area contributed by atoms with Crippen LogP contribution in [-0.4, -0.2) is 47.4 Å². The molecule has 0 saturated carbocycles. The van der Waals surface area contributed by atoms with Gasteiger partial charge in [-0.1, -0.05) is 269 Å². The van der Waals surface area contributed by atoms with Crippen LogP contribution in [0, 0.1) is 0 Å². The van der Waals surface area contributed by atoms with Crippen LogP contribution in [0.1, 0.15) is 328 Å². The van der Waals surface area contributed by atoms with Crippen molar-refractivity contribution in [2.75, 3.05) is 13.2 Å². The average molecular weight is 971 g/mol. The number of hydrogen-bond donors (Lipinski definition) is 3. The van der Waals surface area contributed by atoms with Gasteiger partial charge in [-0.25, -0.2) is 0 Å². The molecule has 0 aromatic carbocycles. The molecule has 0 radical (unpaired) electrons.